The van der Waals surface area contributed by atoms with Crippen molar-refractivity contribution in [1.29, 1.82) is 0 Å². The molecule has 156 valence electrons. The van der Waals surface area contributed by atoms with Crippen LogP contribution >= 0.6 is 0 Å². The van der Waals surface area contributed by atoms with Gasteiger partial charge in [-0.1, -0.05) is 24.3 Å². The summed E-state index contributed by atoms with van der Waals surface area (Å²) in [5, 5.41) is 10.2. The van der Waals surface area contributed by atoms with Crippen molar-refractivity contribution >= 4 is 22.9 Å². The van der Waals surface area contributed by atoms with Gasteiger partial charge in [-0.3, -0.25) is 4.90 Å². The Kier molecular flexibility index (Phi) is 3.23. The van der Waals surface area contributed by atoms with Gasteiger partial charge in [0.1, 0.15) is 5.82 Å². The quantitative estimate of drug-likeness (QED) is 0.580. The smallest absolute Gasteiger partial charge is 0.328 e. The second-order valence-electron chi connectivity index (χ2n) is 9.85. The molecule has 0 radical (unpaired) electrons. The first-order chi connectivity index (χ1) is 15.0. The van der Waals surface area contributed by atoms with E-state index < -0.39 is 5.97 Å². The van der Waals surface area contributed by atoms with Crippen LogP contribution in [-0.4, -0.2) is 32.5 Å². The SMILES string of the molecule is C[C@@H]1Cc2c([nH]c3ccccc23)[C@H]2c3c(F)cc(/C=C/C(=O)O)cc3C3C4CC3(C4)N21. The lowest BCUT2D eigenvalue weighted by Gasteiger charge is -2.77. The number of halogens is 1. The fourth-order valence-corrected chi connectivity index (χ4v) is 7.28. The second kappa shape index (κ2) is 5.65. The molecule has 2 bridgehead atoms. The number of fused-ring (bicyclic) bond motifs is 7. The maximum absolute atomic E-state index is 15.7. The van der Waals surface area contributed by atoms with Crippen molar-refractivity contribution in [3.63, 3.8) is 0 Å². The number of nitrogens with zero attached hydrogens (tertiary/aromatic N) is 1. The van der Waals surface area contributed by atoms with Crippen LogP contribution in [0, 0.1) is 11.7 Å². The molecular formula is C26H23FN2O2. The summed E-state index contributed by atoms with van der Waals surface area (Å²) in [5.41, 5.74) is 6.20. The predicted octanol–water partition coefficient (Wildman–Crippen LogP) is 5.00. The number of carbonyl (C=O) groups is 1. The highest BCUT2D eigenvalue weighted by Crippen LogP contribution is 2.75. The lowest BCUT2D eigenvalue weighted by atomic mass is 9.37. The van der Waals surface area contributed by atoms with Gasteiger partial charge in [-0.05, 0) is 67.0 Å². The molecule has 8 rings (SSSR count). The average Bonchev–Trinajstić information content (AvgIpc) is 3.04. The van der Waals surface area contributed by atoms with E-state index in [9.17, 15) is 4.79 Å². The molecule has 3 heterocycles. The van der Waals surface area contributed by atoms with Gasteiger partial charge in [0, 0.05) is 45.7 Å². The van der Waals surface area contributed by atoms with Crippen molar-refractivity contribution in [2.45, 2.75) is 49.7 Å². The fourth-order valence-electron chi connectivity index (χ4n) is 7.28. The highest BCUT2D eigenvalue weighted by atomic mass is 19.1. The molecule has 2 aromatic carbocycles. The van der Waals surface area contributed by atoms with Gasteiger partial charge < -0.3 is 10.1 Å². The third kappa shape index (κ3) is 2.05. The zero-order valence-electron chi connectivity index (χ0n) is 17.2. The molecule has 5 aliphatic rings. The van der Waals surface area contributed by atoms with Crippen LogP contribution in [0.1, 0.15) is 59.7 Å². The van der Waals surface area contributed by atoms with Gasteiger partial charge in [0.2, 0.25) is 0 Å². The van der Waals surface area contributed by atoms with Crippen LogP contribution in [0.25, 0.3) is 17.0 Å². The van der Waals surface area contributed by atoms with Crippen LogP contribution < -0.4 is 0 Å². The molecule has 1 spiro atoms. The van der Waals surface area contributed by atoms with Crippen LogP contribution in [0.2, 0.25) is 0 Å². The minimum atomic E-state index is -1.02. The molecular weight excluding hydrogens is 391 g/mol. The Bertz CT molecular complexity index is 1320. The molecule has 2 N–H and O–H groups in total. The van der Waals surface area contributed by atoms with Crippen LogP contribution in [0.4, 0.5) is 4.39 Å². The standard InChI is InChI=1S/C26H23FN2O2/c1-13-8-17-16-4-2-3-5-20(16)28-24(17)25-22-18(23-15-11-26(23,12-15)29(13)25)9-14(10-19(22)27)6-7-21(30)31/h2-7,9-10,13,15,23,25,28H,8,11-12H2,1H3,(H,30,31)/b7-6+/t13-,15?,23?,25-,26?/m1/s1. The maximum atomic E-state index is 15.7. The van der Waals surface area contributed by atoms with Crippen LogP contribution in [0.5, 0.6) is 0 Å². The van der Waals surface area contributed by atoms with Gasteiger partial charge in [0.05, 0.1) is 6.04 Å². The third-order valence-electron chi connectivity index (χ3n) is 8.38. The number of para-hydroxylation sites is 1. The van der Waals surface area contributed by atoms with E-state index in [-0.39, 0.29) is 17.4 Å². The first kappa shape index (κ1) is 17.7. The number of hydrogen-bond donors (Lipinski definition) is 2. The number of aromatic amines is 1. The molecule has 3 saturated carbocycles. The molecule has 2 aliphatic heterocycles. The summed E-state index contributed by atoms with van der Waals surface area (Å²) in [7, 11) is 0. The van der Waals surface area contributed by atoms with E-state index in [0.717, 1.165) is 34.8 Å². The lowest BCUT2D eigenvalue weighted by Crippen LogP contribution is -2.78. The summed E-state index contributed by atoms with van der Waals surface area (Å²) in [6.45, 7) is 2.29. The molecule has 31 heavy (non-hydrogen) atoms. The Balaban J connectivity index is 1.49. The van der Waals surface area contributed by atoms with Crippen molar-refractivity contribution in [3.8, 4) is 0 Å². The zero-order chi connectivity index (χ0) is 21.1. The Hall–Kier alpha value is -2.92. The first-order valence-electron chi connectivity index (χ1n) is 11.1. The van der Waals surface area contributed by atoms with Crippen LogP contribution in [0.3, 0.4) is 0 Å². The molecule has 4 nitrogen and oxygen atoms in total. The molecule has 3 atom stereocenters. The number of H-pyrrole nitrogens is 1. The lowest BCUT2D eigenvalue weighted by molar-refractivity contribution is -0.209. The Morgan fingerprint density at radius 3 is 2.84 bits per heavy atom. The maximum Gasteiger partial charge on any atom is 0.328 e. The van der Waals surface area contributed by atoms with Crippen molar-refractivity contribution in [1.82, 2.24) is 9.88 Å². The van der Waals surface area contributed by atoms with E-state index in [1.807, 2.05) is 12.1 Å². The van der Waals surface area contributed by atoms with E-state index >= 15 is 4.39 Å². The van der Waals surface area contributed by atoms with Gasteiger partial charge in [-0.25, -0.2) is 9.18 Å². The number of benzene rings is 2. The minimum Gasteiger partial charge on any atom is -0.478 e. The minimum absolute atomic E-state index is 0.115. The van der Waals surface area contributed by atoms with E-state index in [0.29, 0.717) is 23.4 Å². The molecule has 1 aromatic heterocycles. The van der Waals surface area contributed by atoms with E-state index in [4.69, 9.17) is 5.11 Å². The Morgan fingerprint density at radius 1 is 1.29 bits per heavy atom. The topological polar surface area (TPSA) is 56.3 Å². The van der Waals surface area contributed by atoms with Crippen LogP contribution in [-0.2, 0) is 11.2 Å². The summed E-state index contributed by atoms with van der Waals surface area (Å²) in [6.07, 6.45) is 5.94. The highest BCUT2D eigenvalue weighted by molar-refractivity contribution is 5.86. The van der Waals surface area contributed by atoms with Crippen LogP contribution in [0.15, 0.2) is 42.5 Å². The molecule has 3 aromatic rings. The van der Waals surface area contributed by atoms with E-state index in [1.54, 1.807) is 0 Å². The van der Waals surface area contributed by atoms with Gasteiger partial charge in [0.25, 0.3) is 0 Å². The highest BCUT2D eigenvalue weighted by Gasteiger charge is 2.73. The monoisotopic (exact) mass is 414 g/mol. The fraction of sp³-hybridized carbons (Fsp3) is 0.346. The van der Waals surface area contributed by atoms with E-state index in [2.05, 4.69) is 35.0 Å². The number of carboxylic acid groups (broad SMARTS) is 1. The van der Waals surface area contributed by atoms with Gasteiger partial charge in [0.15, 0.2) is 0 Å². The molecule has 5 heteroatoms. The molecule has 3 aliphatic carbocycles. The predicted molar refractivity (Wildman–Crippen MR) is 116 cm³/mol. The average molecular weight is 414 g/mol. The largest absolute Gasteiger partial charge is 0.478 e. The van der Waals surface area contributed by atoms with Crippen molar-refractivity contribution in [2.75, 3.05) is 0 Å². The molecule has 3 fully saturated rings. The summed E-state index contributed by atoms with van der Waals surface area (Å²) < 4.78 is 15.7. The van der Waals surface area contributed by atoms with Gasteiger partial charge >= 0.3 is 5.97 Å². The zero-order valence-corrected chi connectivity index (χ0v) is 17.2. The number of rotatable bonds is 2. The molecule has 0 saturated heterocycles. The van der Waals surface area contributed by atoms with Crippen molar-refractivity contribution in [3.05, 3.63) is 76.2 Å². The van der Waals surface area contributed by atoms with E-state index in [1.165, 1.54) is 35.9 Å². The Labute approximate surface area is 179 Å². The number of aromatic nitrogens is 1. The molecule has 0 amide bonds. The van der Waals surface area contributed by atoms with Crippen molar-refractivity contribution in [2.24, 2.45) is 5.92 Å². The third-order valence-corrected chi connectivity index (χ3v) is 8.38. The number of carboxylic acids is 1. The van der Waals surface area contributed by atoms with Gasteiger partial charge in [-0.2, -0.15) is 0 Å². The van der Waals surface area contributed by atoms with Gasteiger partial charge in [-0.15, -0.1) is 0 Å². The van der Waals surface area contributed by atoms with Crippen molar-refractivity contribution < 1.29 is 14.3 Å². The number of nitrogens with one attached hydrogen (secondary N) is 1. The Morgan fingerprint density at radius 2 is 2.10 bits per heavy atom. The summed E-state index contributed by atoms with van der Waals surface area (Å²) >= 11 is 0. The molecule has 1 unspecified atom stereocenters. The number of hydrogen-bond acceptors (Lipinski definition) is 2. The second-order valence-corrected chi connectivity index (χ2v) is 9.85. The summed E-state index contributed by atoms with van der Waals surface area (Å²) in [6, 6.07) is 12.2. The normalized spacial score (nSPS) is 32.6. The number of aliphatic carboxylic acids is 1. The summed E-state index contributed by atoms with van der Waals surface area (Å²) in [4.78, 5) is 17.3. The first-order valence-corrected chi connectivity index (χ1v) is 11.1. The summed E-state index contributed by atoms with van der Waals surface area (Å²) in [5.74, 6) is -0.262.